The van der Waals surface area contributed by atoms with Crippen LogP contribution in [0.15, 0.2) is 24.4 Å². The average Bonchev–Trinajstić information content (AvgIpc) is 3.00. The summed E-state index contributed by atoms with van der Waals surface area (Å²) in [5, 5.41) is 12.4. The molecule has 0 radical (unpaired) electrons. The minimum absolute atomic E-state index is 0.368. The minimum atomic E-state index is -1.06. The number of hydrogen-bond donors (Lipinski definition) is 3. The molecule has 1 aromatic heterocycles. The van der Waals surface area contributed by atoms with Crippen molar-refractivity contribution >= 4 is 57.9 Å². The summed E-state index contributed by atoms with van der Waals surface area (Å²) in [6.45, 7) is 1.89. The lowest BCUT2D eigenvalue weighted by Gasteiger charge is -2.30. The van der Waals surface area contributed by atoms with Gasteiger partial charge < -0.3 is 5.32 Å². The lowest BCUT2D eigenvalue weighted by Crippen LogP contribution is -2.51. The molecule has 0 saturated carbocycles. The van der Waals surface area contributed by atoms with Gasteiger partial charge in [-0.15, -0.1) is 0 Å². The van der Waals surface area contributed by atoms with Crippen LogP contribution in [0.2, 0.25) is 0 Å². The van der Waals surface area contributed by atoms with Crippen molar-refractivity contribution in [3.8, 4) is 0 Å². The lowest BCUT2D eigenvalue weighted by atomic mass is 10.2. The van der Waals surface area contributed by atoms with Gasteiger partial charge in [-0.2, -0.15) is 4.37 Å². The Morgan fingerprint density at radius 1 is 1.52 bits per heavy atom. The summed E-state index contributed by atoms with van der Waals surface area (Å²) in [6, 6.07) is 4.82. The van der Waals surface area contributed by atoms with Gasteiger partial charge in [-0.25, -0.2) is 14.7 Å². The van der Waals surface area contributed by atoms with E-state index in [-0.39, 0.29) is 0 Å². The van der Waals surface area contributed by atoms with Crippen molar-refractivity contribution in [1.82, 2.24) is 14.8 Å². The summed E-state index contributed by atoms with van der Waals surface area (Å²) in [7, 11) is 0. The lowest BCUT2D eigenvalue weighted by molar-refractivity contribution is 0.140. The van der Waals surface area contributed by atoms with Crippen LogP contribution >= 0.6 is 34.1 Å². The normalized spacial score (nSPS) is 16.6. The number of amides is 2. The third-order valence-electron chi connectivity index (χ3n) is 3.42. The van der Waals surface area contributed by atoms with Crippen LogP contribution in [0.3, 0.4) is 0 Å². The number of benzene rings is 1. The first kappa shape index (κ1) is 16.1. The van der Waals surface area contributed by atoms with Gasteiger partial charge in [0, 0.05) is 20.7 Å². The SMILES string of the molecule is Cc1cc(I)ccc1NC1C(F)=c2sncc2=CN1C(=O)NO. The van der Waals surface area contributed by atoms with E-state index in [1.165, 1.54) is 17.9 Å². The maximum atomic E-state index is 14.8. The van der Waals surface area contributed by atoms with E-state index in [1.807, 2.05) is 25.1 Å². The van der Waals surface area contributed by atoms with Gasteiger partial charge in [-0.1, -0.05) is 0 Å². The summed E-state index contributed by atoms with van der Waals surface area (Å²) in [4.78, 5) is 12.9. The number of aryl methyl sites for hydroxylation is 1. The first-order valence-electron chi connectivity index (χ1n) is 6.58. The van der Waals surface area contributed by atoms with Crippen molar-refractivity contribution in [3.05, 3.63) is 43.3 Å². The molecule has 2 aromatic rings. The molecule has 9 heteroatoms. The number of fused-ring (bicyclic) bond motifs is 1. The summed E-state index contributed by atoms with van der Waals surface area (Å²) in [5.41, 5.74) is 3.15. The van der Waals surface area contributed by atoms with Gasteiger partial charge in [0.25, 0.3) is 0 Å². The maximum Gasteiger partial charge on any atom is 0.347 e. The van der Waals surface area contributed by atoms with Crippen molar-refractivity contribution in [2.24, 2.45) is 0 Å². The van der Waals surface area contributed by atoms with Gasteiger partial charge in [0.2, 0.25) is 0 Å². The molecule has 1 aromatic carbocycles. The van der Waals surface area contributed by atoms with Gasteiger partial charge in [0.15, 0.2) is 12.0 Å². The van der Waals surface area contributed by atoms with E-state index in [1.54, 1.807) is 0 Å². The Labute approximate surface area is 148 Å². The second kappa shape index (κ2) is 6.42. The maximum absolute atomic E-state index is 14.8. The van der Waals surface area contributed by atoms with Crippen LogP contribution in [0.1, 0.15) is 5.56 Å². The van der Waals surface area contributed by atoms with Crippen LogP contribution in [-0.4, -0.2) is 26.7 Å². The molecule has 3 rings (SSSR count). The fraction of sp³-hybridized carbons (Fsp3) is 0.143. The van der Waals surface area contributed by atoms with Crippen LogP contribution < -0.4 is 20.5 Å². The minimum Gasteiger partial charge on any atom is -0.359 e. The van der Waals surface area contributed by atoms with E-state index in [0.29, 0.717) is 15.4 Å². The Morgan fingerprint density at radius 2 is 2.30 bits per heavy atom. The van der Waals surface area contributed by atoms with Crippen LogP contribution in [0.4, 0.5) is 14.9 Å². The van der Waals surface area contributed by atoms with E-state index in [2.05, 4.69) is 32.3 Å². The molecule has 6 nitrogen and oxygen atoms in total. The number of rotatable bonds is 2. The molecule has 1 aliphatic heterocycles. The van der Waals surface area contributed by atoms with Crippen molar-refractivity contribution < 1.29 is 14.4 Å². The molecule has 1 unspecified atom stereocenters. The number of carbonyl (C=O) groups excluding carboxylic acids is 1. The van der Waals surface area contributed by atoms with Crippen LogP contribution in [0, 0.1) is 10.5 Å². The molecule has 23 heavy (non-hydrogen) atoms. The Morgan fingerprint density at radius 3 is 3.00 bits per heavy atom. The predicted molar refractivity (Wildman–Crippen MR) is 93.8 cm³/mol. The third-order valence-corrected chi connectivity index (χ3v) is 4.92. The highest BCUT2D eigenvalue weighted by Gasteiger charge is 2.30. The van der Waals surface area contributed by atoms with E-state index in [4.69, 9.17) is 5.21 Å². The highest BCUT2D eigenvalue weighted by molar-refractivity contribution is 14.1. The number of hydroxylamine groups is 1. The highest BCUT2D eigenvalue weighted by Crippen LogP contribution is 2.23. The summed E-state index contributed by atoms with van der Waals surface area (Å²) in [6.07, 6.45) is 1.87. The molecule has 2 heterocycles. The molecular weight excluding hydrogens is 434 g/mol. The Kier molecular flexibility index (Phi) is 4.50. The number of aromatic nitrogens is 1. The smallest absolute Gasteiger partial charge is 0.347 e. The molecule has 0 fully saturated rings. The number of carbonyl (C=O) groups is 1. The fourth-order valence-electron chi connectivity index (χ4n) is 2.29. The molecule has 2 amide bonds. The van der Waals surface area contributed by atoms with E-state index in [9.17, 15) is 9.18 Å². The fourth-order valence-corrected chi connectivity index (χ4v) is 3.62. The topological polar surface area (TPSA) is 77.5 Å². The summed E-state index contributed by atoms with van der Waals surface area (Å²) < 4.78 is 20.2. The molecule has 3 N–H and O–H groups in total. The van der Waals surface area contributed by atoms with Crippen molar-refractivity contribution in [1.29, 1.82) is 0 Å². The first-order chi connectivity index (χ1) is 11.0. The quantitative estimate of drug-likeness (QED) is 0.373. The van der Waals surface area contributed by atoms with E-state index < -0.39 is 18.0 Å². The molecule has 0 aliphatic carbocycles. The van der Waals surface area contributed by atoms with E-state index in [0.717, 1.165) is 25.6 Å². The number of urea groups is 1. The van der Waals surface area contributed by atoms with Gasteiger partial charge in [-0.05, 0) is 64.8 Å². The van der Waals surface area contributed by atoms with Crippen LogP contribution in [0.5, 0.6) is 0 Å². The third kappa shape index (κ3) is 3.03. The first-order valence-corrected chi connectivity index (χ1v) is 8.44. The van der Waals surface area contributed by atoms with Crippen LogP contribution in [-0.2, 0) is 0 Å². The second-order valence-corrected chi connectivity index (χ2v) is 6.96. The average molecular weight is 446 g/mol. The Hall–Kier alpha value is -1.72. The van der Waals surface area contributed by atoms with Crippen molar-refractivity contribution in [2.45, 2.75) is 13.1 Å². The van der Waals surface area contributed by atoms with E-state index >= 15 is 0 Å². The monoisotopic (exact) mass is 446 g/mol. The zero-order chi connectivity index (χ0) is 16.6. The summed E-state index contributed by atoms with van der Waals surface area (Å²) >= 11 is 3.21. The molecule has 0 saturated heterocycles. The molecule has 120 valence electrons. The zero-order valence-corrected chi connectivity index (χ0v) is 14.9. The number of halogens is 2. The molecular formula is C14H12FIN4O2S. The zero-order valence-electron chi connectivity index (χ0n) is 11.9. The largest absolute Gasteiger partial charge is 0.359 e. The van der Waals surface area contributed by atoms with Gasteiger partial charge >= 0.3 is 6.03 Å². The Bertz CT molecular complexity index is 885. The summed E-state index contributed by atoms with van der Waals surface area (Å²) in [5.74, 6) is -0.522. The van der Waals surface area contributed by atoms with Gasteiger partial charge in [-0.3, -0.25) is 10.1 Å². The number of nitrogens with zero attached hydrogens (tertiary/aromatic N) is 2. The number of hydrogen-bond acceptors (Lipinski definition) is 5. The number of nitrogens with one attached hydrogen (secondary N) is 2. The van der Waals surface area contributed by atoms with Gasteiger partial charge in [0.1, 0.15) is 0 Å². The highest BCUT2D eigenvalue weighted by atomic mass is 127. The predicted octanol–water partition coefficient (Wildman–Crippen LogP) is 1.72. The van der Waals surface area contributed by atoms with Gasteiger partial charge in [0.05, 0.1) is 10.7 Å². The Balaban J connectivity index is 2.05. The van der Waals surface area contributed by atoms with Crippen LogP contribution in [0.25, 0.3) is 12.0 Å². The molecule has 1 atom stereocenters. The standard InChI is InChI=1S/C14H12FIN4O2S/c1-7-4-9(16)2-3-10(7)18-13-11(15)12-8(5-17-23-12)6-20(13)14(21)19-22/h2-6,13,18,22H,1H3,(H,19,21). The molecule has 0 bridgehead atoms. The second-order valence-electron chi connectivity index (χ2n) is 4.92. The molecule has 0 spiro atoms. The van der Waals surface area contributed by atoms with Crippen molar-refractivity contribution in [2.75, 3.05) is 5.32 Å². The molecule has 1 aliphatic rings. The van der Waals surface area contributed by atoms with Crippen molar-refractivity contribution in [3.63, 3.8) is 0 Å². The number of anilines is 1.